The van der Waals surface area contributed by atoms with Crippen molar-refractivity contribution >= 4 is 17.3 Å². The van der Waals surface area contributed by atoms with E-state index in [2.05, 4.69) is 15.3 Å². The minimum Gasteiger partial charge on any atom is -0.481 e. The van der Waals surface area contributed by atoms with Crippen LogP contribution in [0.2, 0.25) is 0 Å². The van der Waals surface area contributed by atoms with Crippen molar-refractivity contribution in [3.05, 3.63) is 16.1 Å². The van der Waals surface area contributed by atoms with Crippen LogP contribution >= 0.6 is 11.3 Å². The van der Waals surface area contributed by atoms with Crippen molar-refractivity contribution in [2.75, 3.05) is 13.1 Å². The average molecular weight is 254 g/mol. The van der Waals surface area contributed by atoms with Crippen LogP contribution in [0.4, 0.5) is 0 Å². The quantitative estimate of drug-likeness (QED) is 0.898. The summed E-state index contributed by atoms with van der Waals surface area (Å²) in [4.78, 5) is 17.8. The summed E-state index contributed by atoms with van der Waals surface area (Å²) in [6.07, 6.45) is 1.46. The summed E-state index contributed by atoms with van der Waals surface area (Å²) in [6, 6.07) is 0. The second kappa shape index (κ2) is 4.74. The minimum atomic E-state index is -0.665. The molecule has 0 radical (unpaired) electrons. The zero-order valence-electron chi connectivity index (χ0n) is 10.3. The first-order valence-corrected chi connectivity index (χ1v) is 6.74. The lowest BCUT2D eigenvalue weighted by Gasteiger charge is -2.36. The molecule has 2 heterocycles. The second-order valence-electron chi connectivity index (χ2n) is 5.00. The molecule has 4 nitrogen and oxygen atoms in total. The van der Waals surface area contributed by atoms with Gasteiger partial charge >= 0.3 is 5.97 Å². The van der Waals surface area contributed by atoms with Crippen LogP contribution in [0.25, 0.3) is 0 Å². The standard InChI is InChI=1S/C12H18N2O2S/c1-9-13-10(8-17-9)7-14-5-3-12(2,4-6-14)11(15)16/h8H,3-7H2,1-2H3,(H,15,16). The molecule has 1 N–H and O–H groups in total. The molecule has 1 saturated heterocycles. The summed E-state index contributed by atoms with van der Waals surface area (Å²) in [6.45, 7) is 6.39. The largest absolute Gasteiger partial charge is 0.481 e. The molecule has 2 rings (SSSR count). The van der Waals surface area contributed by atoms with Gasteiger partial charge in [0.25, 0.3) is 0 Å². The van der Waals surface area contributed by atoms with E-state index in [1.165, 1.54) is 0 Å². The van der Waals surface area contributed by atoms with Crippen LogP contribution in [0.5, 0.6) is 0 Å². The summed E-state index contributed by atoms with van der Waals surface area (Å²) < 4.78 is 0. The molecule has 0 spiro atoms. The number of nitrogens with zero attached hydrogens (tertiary/aromatic N) is 2. The fourth-order valence-corrected chi connectivity index (χ4v) is 2.73. The third-order valence-corrected chi connectivity index (χ3v) is 4.35. The maximum absolute atomic E-state index is 11.1. The number of aliphatic carboxylic acids is 1. The van der Waals surface area contributed by atoms with Crippen molar-refractivity contribution in [2.45, 2.75) is 33.2 Å². The fourth-order valence-electron chi connectivity index (χ4n) is 2.13. The van der Waals surface area contributed by atoms with Crippen molar-refractivity contribution in [1.29, 1.82) is 0 Å². The van der Waals surface area contributed by atoms with Gasteiger partial charge in [0, 0.05) is 11.9 Å². The van der Waals surface area contributed by atoms with E-state index in [-0.39, 0.29) is 0 Å². The summed E-state index contributed by atoms with van der Waals surface area (Å²) >= 11 is 1.67. The molecule has 1 aliphatic heterocycles. The zero-order chi connectivity index (χ0) is 12.5. The number of thiazole rings is 1. The molecule has 1 aromatic rings. The maximum atomic E-state index is 11.1. The molecule has 0 amide bonds. The van der Waals surface area contributed by atoms with Crippen LogP contribution in [0.1, 0.15) is 30.5 Å². The van der Waals surface area contributed by atoms with Gasteiger partial charge in [-0.2, -0.15) is 0 Å². The van der Waals surface area contributed by atoms with E-state index in [0.717, 1.165) is 43.2 Å². The van der Waals surface area contributed by atoms with E-state index in [1.807, 2.05) is 13.8 Å². The molecule has 0 atom stereocenters. The number of carboxylic acid groups (broad SMARTS) is 1. The topological polar surface area (TPSA) is 53.4 Å². The van der Waals surface area contributed by atoms with E-state index in [1.54, 1.807) is 11.3 Å². The number of likely N-dealkylation sites (tertiary alicyclic amines) is 1. The van der Waals surface area contributed by atoms with Crippen LogP contribution in [0, 0.1) is 12.3 Å². The normalized spacial score (nSPS) is 20.4. The van der Waals surface area contributed by atoms with Gasteiger partial charge in [-0.05, 0) is 39.8 Å². The summed E-state index contributed by atoms with van der Waals surface area (Å²) in [7, 11) is 0. The minimum absolute atomic E-state index is 0.533. The van der Waals surface area contributed by atoms with Crippen LogP contribution in [0.3, 0.4) is 0 Å². The number of hydrogen-bond donors (Lipinski definition) is 1. The molecule has 1 aromatic heterocycles. The summed E-state index contributed by atoms with van der Waals surface area (Å²) in [5, 5.41) is 12.3. The third-order valence-electron chi connectivity index (χ3n) is 3.53. The average Bonchev–Trinajstić information content (AvgIpc) is 2.67. The van der Waals surface area contributed by atoms with Gasteiger partial charge in [0.1, 0.15) is 0 Å². The molecule has 94 valence electrons. The highest BCUT2D eigenvalue weighted by molar-refractivity contribution is 7.09. The Bertz CT molecular complexity index is 408. The maximum Gasteiger partial charge on any atom is 0.309 e. The predicted octanol–water partition coefficient (Wildman–Crippen LogP) is 2.14. The number of aryl methyl sites for hydroxylation is 1. The Kier molecular flexibility index (Phi) is 3.49. The highest BCUT2D eigenvalue weighted by Crippen LogP contribution is 2.31. The van der Waals surface area contributed by atoms with Gasteiger partial charge in [-0.15, -0.1) is 11.3 Å². The molecule has 1 fully saturated rings. The third kappa shape index (κ3) is 2.84. The van der Waals surface area contributed by atoms with Crippen molar-refractivity contribution in [3.63, 3.8) is 0 Å². The van der Waals surface area contributed by atoms with Crippen LogP contribution in [-0.2, 0) is 11.3 Å². The number of carbonyl (C=O) groups is 1. The molecular weight excluding hydrogens is 236 g/mol. The fraction of sp³-hybridized carbons (Fsp3) is 0.667. The molecule has 0 unspecified atom stereocenters. The number of carboxylic acids is 1. The Morgan fingerprint density at radius 3 is 2.71 bits per heavy atom. The first kappa shape index (κ1) is 12.5. The number of hydrogen-bond acceptors (Lipinski definition) is 4. The summed E-state index contributed by atoms with van der Waals surface area (Å²) in [5.41, 5.74) is 0.570. The Hall–Kier alpha value is -0.940. The van der Waals surface area contributed by atoms with Crippen LogP contribution in [0.15, 0.2) is 5.38 Å². The monoisotopic (exact) mass is 254 g/mol. The Morgan fingerprint density at radius 1 is 1.59 bits per heavy atom. The number of piperidine rings is 1. The molecular formula is C12H18N2O2S. The zero-order valence-corrected chi connectivity index (χ0v) is 11.1. The number of aromatic nitrogens is 1. The van der Waals surface area contributed by atoms with Gasteiger partial charge in [-0.3, -0.25) is 9.69 Å². The van der Waals surface area contributed by atoms with E-state index < -0.39 is 11.4 Å². The Balaban J connectivity index is 1.89. The predicted molar refractivity (Wildman–Crippen MR) is 67.1 cm³/mol. The number of rotatable bonds is 3. The van der Waals surface area contributed by atoms with Crippen LogP contribution < -0.4 is 0 Å². The van der Waals surface area contributed by atoms with E-state index in [4.69, 9.17) is 5.11 Å². The van der Waals surface area contributed by atoms with Crippen molar-refractivity contribution in [1.82, 2.24) is 9.88 Å². The highest BCUT2D eigenvalue weighted by Gasteiger charge is 2.36. The van der Waals surface area contributed by atoms with Gasteiger partial charge in [0.05, 0.1) is 16.1 Å². The highest BCUT2D eigenvalue weighted by atomic mass is 32.1. The molecule has 0 saturated carbocycles. The van der Waals surface area contributed by atoms with E-state index in [0.29, 0.717) is 0 Å². The Morgan fingerprint density at radius 2 is 2.24 bits per heavy atom. The van der Waals surface area contributed by atoms with Gasteiger partial charge in [-0.25, -0.2) is 4.98 Å². The Labute approximate surface area is 105 Å². The van der Waals surface area contributed by atoms with Gasteiger partial charge < -0.3 is 5.11 Å². The lowest BCUT2D eigenvalue weighted by molar-refractivity contribution is -0.150. The molecule has 17 heavy (non-hydrogen) atoms. The van der Waals surface area contributed by atoms with Crippen molar-refractivity contribution < 1.29 is 9.90 Å². The molecule has 0 aliphatic carbocycles. The van der Waals surface area contributed by atoms with E-state index >= 15 is 0 Å². The van der Waals surface area contributed by atoms with Gasteiger partial charge in [0.15, 0.2) is 0 Å². The first-order valence-electron chi connectivity index (χ1n) is 5.86. The smallest absolute Gasteiger partial charge is 0.309 e. The SMILES string of the molecule is Cc1nc(CN2CCC(C)(C(=O)O)CC2)cs1. The first-order chi connectivity index (χ1) is 7.99. The molecule has 1 aliphatic rings. The van der Waals surface area contributed by atoms with Crippen molar-refractivity contribution in [3.8, 4) is 0 Å². The van der Waals surface area contributed by atoms with Gasteiger partial charge in [0.2, 0.25) is 0 Å². The lowest BCUT2D eigenvalue weighted by atomic mass is 9.80. The van der Waals surface area contributed by atoms with Gasteiger partial charge in [-0.1, -0.05) is 0 Å². The second-order valence-corrected chi connectivity index (χ2v) is 6.06. The summed E-state index contributed by atoms with van der Waals surface area (Å²) in [5.74, 6) is -0.665. The lowest BCUT2D eigenvalue weighted by Crippen LogP contribution is -2.42. The van der Waals surface area contributed by atoms with Crippen molar-refractivity contribution in [2.24, 2.45) is 5.41 Å². The van der Waals surface area contributed by atoms with E-state index in [9.17, 15) is 4.79 Å². The molecule has 5 heteroatoms. The van der Waals surface area contributed by atoms with Crippen LogP contribution in [-0.4, -0.2) is 34.0 Å². The molecule has 0 aromatic carbocycles. The molecule has 0 bridgehead atoms.